The number of nitrogens with one attached hydrogen (secondary N) is 1. The number of likely N-dealkylation sites (tertiary alicyclic amines) is 1. The highest BCUT2D eigenvalue weighted by molar-refractivity contribution is 6.36. The van der Waals surface area contributed by atoms with Gasteiger partial charge in [-0.3, -0.25) is 4.79 Å². The molecule has 1 N–H and O–H groups in total. The van der Waals surface area contributed by atoms with Crippen LogP contribution in [0.25, 0.3) is 16.8 Å². The first kappa shape index (κ1) is 20.3. The molecule has 2 fully saturated rings. The van der Waals surface area contributed by atoms with Gasteiger partial charge in [-0.1, -0.05) is 35.3 Å². The van der Waals surface area contributed by atoms with Crippen molar-refractivity contribution in [3.05, 3.63) is 68.6 Å². The van der Waals surface area contributed by atoms with E-state index in [9.17, 15) is 9.59 Å². The van der Waals surface area contributed by atoms with E-state index < -0.39 is 11.5 Å². The third-order valence-electron chi connectivity index (χ3n) is 5.92. The minimum atomic E-state index is -0.572. The lowest BCUT2D eigenvalue weighted by atomic mass is 10.0. The summed E-state index contributed by atoms with van der Waals surface area (Å²) in [7, 11) is 0. The number of carbonyl (C=O) groups excluding carboxylic acids is 1. The minimum Gasteiger partial charge on any atom is -0.342 e. The summed E-state index contributed by atoms with van der Waals surface area (Å²) in [6, 6.07) is 9.58. The normalized spacial score (nSPS) is 18.5. The zero-order valence-electron chi connectivity index (χ0n) is 16.4. The third kappa shape index (κ3) is 3.77. The first-order valence-corrected chi connectivity index (χ1v) is 10.9. The van der Waals surface area contributed by atoms with Gasteiger partial charge in [0.1, 0.15) is 11.6 Å². The highest BCUT2D eigenvalue weighted by Gasteiger charge is 2.38. The highest BCUT2D eigenvalue weighted by atomic mass is 35.5. The van der Waals surface area contributed by atoms with E-state index in [1.165, 1.54) is 16.7 Å². The van der Waals surface area contributed by atoms with E-state index in [4.69, 9.17) is 23.2 Å². The zero-order valence-corrected chi connectivity index (χ0v) is 18.0. The van der Waals surface area contributed by atoms with Crippen molar-refractivity contribution >= 4 is 29.1 Å². The lowest BCUT2D eigenvalue weighted by Gasteiger charge is -2.16. The van der Waals surface area contributed by atoms with Crippen LogP contribution in [0.5, 0.6) is 0 Å². The van der Waals surface area contributed by atoms with E-state index in [0.717, 1.165) is 12.8 Å². The van der Waals surface area contributed by atoms with Crippen LogP contribution in [0.4, 0.5) is 4.39 Å². The first-order valence-electron chi connectivity index (χ1n) is 10.1. The molecular weight excluding hydrogens is 442 g/mol. The fourth-order valence-electron chi connectivity index (χ4n) is 4.15. The van der Waals surface area contributed by atoms with Crippen molar-refractivity contribution in [1.82, 2.24) is 19.7 Å². The summed E-state index contributed by atoms with van der Waals surface area (Å²) in [4.78, 5) is 26.7. The second-order valence-electron chi connectivity index (χ2n) is 8.06. The van der Waals surface area contributed by atoms with Gasteiger partial charge in [-0.15, -0.1) is 0 Å². The molecule has 1 amide bonds. The van der Waals surface area contributed by atoms with Gasteiger partial charge in [0.15, 0.2) is 0 Å². The second-order valence-corrected chi connectivity index (χ2v) is 8.90. The molecule has 0 radical (unpaired) electrons. The summed E-state index contributed by atoms with van der Waals surface area (Å²) in [6.45, 7) is 1.11. The summed E-state index contributed by atoms with van der Waals surface area (Å²) in [5.41, 5.74) is 0.803. The third-order valence-corrected chi connectivity index (χ3v) is 6.47. The summed E-state index contributed by atoms with van der Waals surface area (Å²) < 4.78 is 16.4. The Morgan fingerprint density at radius 2 is 1.94 bits per heavy atom. The number of nitrogens with zero attached hydrogens (tertiary/aromatic N) is 3. The Hall–Kier alpha value is -2.64. The number of hydrogen-bond donors (Lipinski definition) is 1. The summed E-state index contributed by atoms with van der Waals surface area (Å²) in [6.07, 6.45) is 2.58. The lowest BCUT2D eigenvalue weighted by Crippen LogP contribution is -2.30. The van der Waals surface area contributed by atoms with Crippen LogP contribution in [0, 0.1) is 11.7 Å². The van der Waals surface area contributed by atoms with Gasteiger partial charge in [0, 0.05) is 40.5 Å². The van der Waals surface area contributed by atoms with Crippen molar-refractivity contribution < 1.29 is 9.18 Å². The molecule has 2 aliphatic rings. The van der Waals surface area contributed by atoms with Crippen molar-refractivity contribution in [1.29, 1.82) is 0 Å². The Labute approximate surface area is 187 Å². The van der Waals surface area contributed by atoms with Gasteiger partial charge < -0.3 is 4.90 Å². The monoisotopic (exact) mass is 460 g/mol. The molecule has 31 heavy (non-hydrogen) atoms. The van der Waals surface area contributed by atoms with Crippen molar-refractivity contribution in [3.63, 3.8) is 0 Å². The van der Waals surface area contributed by atoms with Crippen LogP contribution in [0.15, 0.2) is 41.2 Å². The molecule has 0 bridgehead atoms. The molecule has 3 aromatic rings. The Kier molecular flexibility index (Phi) is 5.10. The number of aromatic nitrogens is 3. The molecular formula is C22H19Cl2FN4O2. The Morgan fingerprint density at radius 3 is 2.65 bits per heavy atom. The van der Waals surface area contributed by atoms with E-state index in [0.29, 0.717) is 46.5 Å². The van der Waals surface area contributed by atoms with Gasteiger partial charge in [-0.05, 0) is 49.1 Å². The first-order chi connectivity index (χ1) is 14.9. The fraction of sp³-hybridized carbons (Fsp3) is 0.318. The Balaban J connectivity index is 1.46. The van der Waals surface area contributed by atoms with E-state index in [2.05, 4.69) is 10.2 Å². The minimum absolute atomic E-state index is 0.106. The number of rotatable bonds is 4. The number of aromatic amines is 1. The summed E-state index contributed by atoms with van der Waals surface area (Å²) in [5.74, 6) is 0.0444. The molecule has 160 valence electrons. The maximum absolute atomic E-state index is 15.1. The fourth-order valence-corrected chi connectivity index (χ4v) is 4.67. The largest absolute Gasteiger partial charge is 0.348 e. The van der Waals surface area contributed by atoms with Crippen molar-refractivity contribution in [2.45, 2.75) is 25.2 Å². The van der Waals surface area contributed by atoms with Crippen molar-refractivity contribution in [2.24, 2.45) is 5.92 Å². The molecule has 1 atom stereocenters. The van der Waals surface area contributed by atoms with Crippen LogP contribution in [-0.4, -0.2) is 38.7 Å². The SMILES string of the molecule is O=C(C1CC1)N1CCC(c2n[nH]c(=O)n2-c2ccc(-c3ccc(Cl)cc3Cl)cc2F)C1. The van der Waals surface area contributed by atoms with Gasteiger partial charge >= 0.3 is 5.69 Å². The molecule has 9 heteroatoms. The maximum Gasteiger partial charge on any atom is 0.348 e. The molecule has 1 aliphatic carbocycles. The van der Waals surface area contributed by atoms with Crippen molar-refractivity contribution in [3.8, 4) is 16.8 Å². The number of H-pyrrole nitrogens is 1. The average Bonchev–Trinajstić information content (AvgIpc) is 3.35. The molecule has 1 aliphatic heterocycles. The Bertz CT molecular complexity index is 1230. The molecule has 2 heterocycles. The number of benzene rings is 2. The van der Waals surface area contributed by atoms with E-state index in [1.807, 2.05) is 4.90 Å². The molecule has 1 aromatic heterocycles. The number of halogens is 3. The van der Waals surface area contributed by atoms with Crippen LogP contribution < -0.4 is 5.69 Å². The van der Waals surface area contributed by atoms with Crippen molar-refractivity contribution in [2.75, 3.05) is 13.1 Å². The lowest BCUT2D eigenvalue weighted by molar-refractivity contribution is -0.131. The molecule has 2 aromatic carbocycles. The maximum atomic E-state index is 15.1. The van der Waals surface area contributed by atoms with Crippen LogP contribution >= 0.6 is 23.2 Å². The number of hydrogen-bond acceptors (Lipinski definition) is 3. The average molecular weight is 461 g/mol. The summed E-state index contributed by atoms with van der Waals surface area (Å²) >= 11 is 12.2. The van der Waals surface area contributed by atoms with Crippen LogP contribution in [-0.2, 0) is 4.79 Å². The van der Waals surface area contributed by atoms with Gasteiger partial charge in [0.25, 0.3) is 0 Å². The molecule has 1 saturated carbocycles. The van der Waals surface area contributed by atoms with E-state index >= 15 is 4.39 Å². The predicted molar refractivity (Wildman–Crippen MR) is 116 cm³/mol. The van der Waals surface area contributed by atoms with Crippen LogP contribution in [0.2, 0.25) is 10.0 Å². The van der Waals surface area contributed by atoms with E-state index in [-0.39, 0.29) is 23.4 Å². The zero-order chi connectivity index (χ0) is 21.7. The molecule has 6 nitrogen and oxygen atoms in total. The molecule has 5 rings (SSSR count). The highest BCUT2D eigenvalue weighted by Crippen LogP contribution is 2.35. The number of carbonyl (C=O) groups is 1. The van der Waals surface area contributed by atoms with Gasteiger partial charge in [0.2, 0.25) is 5.91 Å². The topological polar surface area (TPSA) is 71.0 Å². The standard InChI is InChI=1S/C22H19Cl2FN4O2/c23-15-4-5-16(17(24)10-15)13-3-6-19(18(25)9-13)29-20(26-27-22(29)31)14-7-8-28(11-14)21(30)12-1-2-12/h3-6,9-10,12,14H,1-2,7-8,11H2,(H,27,31). The molecule has 1 unspecified atom stereocenters. The predicted octanol–water partition coefficient (Wildman–Crippen LogP) is 4.40. The Morgan fingerprint density at radius 1 is 1.13 bits per heavy atom. The van der Waals surface area contributed by atoms with Gasteiger partial charge in [-0.25, -0.2) is 18.9 Å². The van der Waals surface area contributed by atoms with Gasteiger partial charge in [0.05, 0.1) is 5.69 Å². The van der Waals surface area contributed by atoms with E-state index in [1.54, 1.807) is 24.3 Å². The molecule has 1 saturated heterocycles. The van der Waals surface area contributed by atoms with Gasteiger partial charge in [-0.2, -0.15) is 5.10 Å². The quantitative estimate of drug-likeness (QED) is 0.626. The number of amides is 1. The second kappa shape index (κ2) is 7.80. The smallest absolute Gasteiger partial charge is 0.342 e. The van der Waals surface area contributed by atoms with Crippen LogP contribution in [0.1, 0.15) is 31.0 Å². The molecule has 0 spiro atoms. The van der Waals surface area contributed by atoms with Crippen LogP contribution in [0.3, 0.4) is 0 Å². The summed E-state index contributed by atoms with van der Waals surface area (Å²) in [5, 5.41) is 7.49.